The van der Waals surface area contributed by atoms with Gasteiger partial charge in [-0.15, -0.1) is 0 Å². The molecule has 2 N–H and O–H groups in total. The van der Waals surface area contributed by atoms with Gasteiger partial charge in [-0.2, -0.15) is 5.10 Å². The average Bonchev–Trinajstić information content (AvgIpc) is 2.78. The minimum absolute atomic E-state index is 0.592. The van der Waals surface area contributed by atoms with Crippen LogP contribution in [0.25, 0.3) is 11.2 Å². The van der Waals surface area contributed by atoms with Crippen LogP contribution in [0.4, 0.5) is 5.95 Å². The number of aryl methyl sites for hydroxylation is 2. The van der Waals surface area contributed by atoms with Crippen LogP contribution >= 0.6 is 0 Å². The molecular weight excluding hydrogens is 214 g/mol. The highest BCUT2D eigenvalue weighted by Gasteiger charge is 2.17. The number of imidazole rings is 1. The van der Waals surface area contributed by atoms with E-state index >= 15 is 0 Å². The minimum atomic E-state index is 0.592. The van der Waals surface area contributed by atoms with Crippen LogP contribution in [0.5, 0.6) is 0 Å². The van der Waals surface area contributed by atoms with Gasteiger partial charge in [0.15, 0.2) is 5.65 Å². The molecule has 94 valence electrons. The molecule has 1 atom stereocenters. The van der Waals surface area contributed by atoms with E-state index in [2.05, 4.69) is 35.4 Å². The maximum absolute atomic E-state index is 6.00. The summed E-state index contributed by atoms with van der Waals surface area (Å²) in [5.41, 5.74) is 9.02. The molecule has 0 aliphatic carbocycles. The smallest absolute Gasteiger partial charge is 0.202 e. The van der Waals surface area contributed by atoms with Crippen LogP contribution in [0.15, 0.2) is 0 Å². The molecule has 0 fully saturated rings. The Kier molecular flexibility index (Phi) is 3.09. The van der Waals surface area contributed by atoms with Gasteiger partial charge >= 0.3 is 0 Å². The van der Waals surface area contributed by atoms with Gasteiger partial charge in [0.2, 0.25) is 5.95 Å². The molecule has 2 aromatic heterocycles. The molecule has 0 saturated heterocycles. The van der Waals surface area contributed by atoms with E-state index in [9.17, 15) is 0 Å². The zero-order chi connectivity index (χ0) is 12.6. The molecule has 0 saturated carbocycles. The normalized spacial score (nSPS) is 13.4. The summed E-state index contributed by atoms with van der Waals surface area (Å²) in [6.07, 6.45) is 2.02. The first kappa shape index (κ1) is 12.0. The molecule has 5 nitrogen and oxygen atoms in total. The molecule has 1 unspecified atom stereocenters. The van der Waals surface area contributed by atoms with Crippen molar-refractivity contribution in [1.82, 2.24) is 19.3 Å². The van der Waals surface area contributed by atoms with E-state index in [1.54, 1.807) is 0 Å². The quantitative estimate of drug-likeness (QED) is 0.881. The summed E-state index contributed by atoms with van der Waals surface area (Å²) in [6.45, 7) is 7.41. The van der Waals surface area contributed by atoms with Crippen molar-refractivity contribution < 1.29 is 0 Å². The van der Waals surface area contributed by atoms with E-state index in [4.69, 9.17) is 5.73 Å². The van der Waals surface area contributed by atoms with Gasteiger partial charge in [0, 0.05) is 13.6 Å². The Morgan fingerprint density at radius 2 is 2.06 bits per heavy atom. The van der Waals surface area contributed by atoms with Crippen LogP contribution in [0.1, 0.15) is 32.9 Å². The molecule has 0 aliphatic heterocycles. The predicted molar refractivity (Wildman–Crippen MR) is 69.7 cm³/mol. The molecule has 0 aliphatic rings. The second kappa shape index (κ2) is 4.39. The number of anilines is 1. The van der Waals surface area contributed by atoms with Gasteiger partial charge in [0.1, 0.15) is 5.52 Å². The zero-order valence-electron chi connectivity index (χ0n) is 11.1. The summed E-state index contributed by atoms with van der Waals surface area (Å²) in [4.78, 5) is 4.45. The van der Waals surface area contributed by atoms with Gasteiger partial charge in [-0.3, -0.25) is 9.25 Å². The average molecular weight is 235 g/mol. The van der Waals surface area contributed by atoms with Crippen molar-refractivity contribution in [3.63, 3.8) is 0 Å². The molecule has 17 heavy (non-hydrogen) atoms. The Balaban J connectivity index is 2.54. The molecule has 0 spiro atoms. The van der Waals surface area contributed by atoms with E-state index in [1.807, 2.05) is 11.7 Å². The second-order valence-electron chi connectivity index (χ2n) is 4.69. The largest absolute Gasteiger partial charge is 0.369 e. The standard InChI is InChI=1S/C12H21N5/c1-5-8(3)7-17-11-10(14-12(17)13)9(6-2)15-16(11)4/h8H,5-7H2,1-4H3,(H2,13,14). The van der Waals surface area contributed by atoms with E-state index in [0.29, 0.717) is 11.9 Å². The molecule has 2 aromatic rings. The fourth-order valence-corrected chi connectivity index (χ4v) is 2.12. The molecule has 0 aromatic carbocycles. The van der Waals surface area contributed by atoms with Crippen molar-refractivity contribution in [3.8, 4) is 0 Å². The van der Waals surface area contributed by atoms with Crippen molar-refractivity contribution in [3.05, 3.63) is 5.69 Å². The summed E-state index contributed by atoms with van der Waals surface area (Å²) >= 11 is 0. The number of aromatic nitrogens is 4. The lowest BCUT2D eigenvalue weighted by Gasteiger charge is -2.11. The van der Waals surface area contributed by atoms with Crippen LogP contribution < -0.4 is 5.73 Å². The van der Waals surface area contributed by atoms with Gasteiger partial charge in [-0.05, 0) is 12.3 Å². The highest BCUT2D eigenvalue weighted by molar-refractivity contribution is 5.77. The minimum Gasteiger partial charge on any atom is -0.369 e. The van der Waals surface area contributed by atoms with Gasteiger partial charge < -0.3 is 5.73 Å². The summed E-state index contributed by atoms with van der Waals surface area (Å²) in [7, 11) is 1.95. The van der Waals surface area contributed by atoms with Gasteiger partial charge in [-0.1, -0.05) is 27.2 Å². The Morgan fingerprint density at radius 3 is 2.65 bits per heavy atom. The van der Waals surface area contributed by atoms with Gasteiger partial charge in [-0.25, -0.2) is 4.98 Å². The van der Waals surface area contributed by atoms with E-state index in [-0.39, 0.29) is 0 Å². The maximum Gasteiger partial charge on any atom is 0.202 e. The lowest BCUT2D eigenvalue weighted by Crippen LogP contribution is -2.12. The highest BCUT2D eigenvalue weighted by atomic mass is 15.3. The number of nitrogen functional groups attached to an aromatic ring is 1. The number of hydrogen-bond donors (Lipinski definition) is 1. The fraction of sp³-hybridized carbons (Fsp3) is 0.667. The Bertz CT molecular complexity index is 522. The van der Waals surface area contributed by atoms with Crippen molar-refractivity contribution in [2.24, 2.45) is 13.0 Å². The maximum atomic E-state index is 6.00. The summed E-state index contributed by atoms with van der Waals surface area (Å²) in [5, 5.41) is 4.48. The SMILES string of the molecule is CCc1nn(C)c2c1nc(N)n2CC(C)CC. The third-order valence-electron chi connectivity index (χ3n) is 3.35. The Labute approximate surface area is 102 Å². The van der Waals surface area contributed by atoms with Crippen LogP contribution in [0.2, 0.25) is 0 Å². The summed E-state index contributed by atoms with van der Waals surface area (Å²) < 4.78 is 3.97. The van der Waals surface area contributed by atoms with Crippen LogP contribution in [-0.4, -0.2) is 19.3 Å². The fourth-order valence-electron chi connectivity index (χ4n) is 2.12. The Hall–Kier alpha value is -1.52. The predicted octanol–water partition coefficient (Wildman–Crippen LogP) is 1.96. The monoisotopic (exact) mass is 235 g/mol. The molecule has 2 heterocycles. The topological polar surface area (TPSA) is 61.7 Å². The first-order valence-corrected chi connectivity index (χ1v) is 6.26. The highest BCUT2D eigenvalue weighted by Crippen LogP contribution is 2.22. The van der Waals surface area contributed by atoms with Crippen LogP contribution in [-0.2, 0) is 20.0 Å². The molecule has 0 bridgehead atoms. The van der Waals surface area contributed by atoms with Gasteiger partial charge in [0.05, 0.1) is 5.69 Å². The molecule has 5 heteroatoms. The van der Waals surface area contributed by atoms with Crippen molar-refractivity contribution in [2.45, 2.75) is 40.2 Å². The van der Waals surface area contributed by atoms with Crippen molar-refractivity contribution in [2.75, 3.05) is 5.73 Å². The lowest BCUT2D eigenvalue weighted by atomic mass is 10.1. The molecular formula is C12H21N5. The number of hydrogen-bond acceptors (Lipinski definition) is 3. The van der Waals surface area contributed by atoms with Gasteiger partial charge in [0.25, 0.3) is 0 Å². The van der Waals surface area contributed by atoms with Crippen LogP contribution in [0.3, 0.4) is 0 Å². The third-order valence-corrected chi connectivity index (χ3v) is 3.35. The van der Waals surface area contributed by atoms with E-state index in [0.717, 1.165) is 36.2 Å². The molecule has 0 radical (unpaired) electrons. The second-order valence-corrected chi connectivity index (χ2v) is 4.69. The molecule has 0 amide bonds. The molecule has 2 rings (SSSR count). The number of nitrogens with two attached hydrogens (primary N) is 1. The lowest BCUT2D eigenvalue weighted by molar-refractivity contribution is 0.474. The zero-order valence-corrected chi connectivity index (χ0v) is 11.1. The first-order chi connectivity index (χ1) is 8.08. The first-order valence-electron chi connectivity index (χ1n) is 6.26. The summed E-state index contributed by atoms with van der Waals surface area (Å²) in [6, 6.07) is 0. The Morgan fingerprint density at radius 1 is 1.35 bits per heavy atom. The summed E-state index contributed by atoms with van der Waals surface area (Å²) in [5.74, 6) is 1.19. The number of rotatable bonds is 4. The van der Waals surface area contributed by atoms with Crippen molar-refractivity contribution >= 4 is 17.1 Å². The van der Waals surface area contributed by atoms with E-state index < -0.39 is 0 Å². The van der Waals surface area contributed by atoms with Crippen molar-refractivity contribution in [1.29, 1.82) is 0 Å². The third kappa shape index (κ3) is 1.90. The van der Waals surface area contributed by atoms with Crippen LogP contribution in [0, 0.1) is 5.92 Å². The van der Waals surface area contributed by atoms with E-state index in [1.165, 1.54) is 0 Å². The number of fused-ring (bicyclic) bond motifs is 1. The number of nitrogens with zero attached hydrogens (tertiary/aromatic N) is 4.